The van der Waals surface area contributed by atoms with E-state index in [2.05, 4.69) is 15.3 Å². The molecule has 1 N–H and O–H groups in total. The van der Waals surface area contributed by atoms with Crippen LogP contribution >= 0.6 is 0 Å². The molecular weight excluding hydrogens is 324 g/mol. The van der Waals surface area contributed by atoms with Crippen LogP contribution in [0.5, 0.6) is 5.75 Å². The van der Waals surface area contributed by atoms with Crippen molar-refractivity contribution in [3.8, 4) is 5.75 Å². The first-order chi connectivity index (χ1) is 15.1. The Hall–Kier alpha value is -3.08. The molecule has 2 aromatic heterocycles. The number of hydrogen-bond acceptors (Lipinski definition) is 4. The fourth-order valence-corrected chi connectivity index (χ4v) is 3.50. The van der Waals surface area contributed by atoms with Crippen molar-refractivity contribution in [1.82, 2.24) is 14.9 Å². The van der Waals surface area contributed by atoms with Crippen LogP contribution in [-0.4, -0.2) is 35.1 Å². The summed E-state index contributed by atoms with van der Waals surface area (Å²) in [5, 5.41) is 5.37. The highest BCUT2D eigenvalue weighted by atomic mass is 16.5. The molecule has 1 aliphatic heterocycles. The van der Waals surface area contributed by atoms with Gasteiger partial charge in [0.05, 0.1) is 12.1 Å². The van der Waals surface area contributed by atoms with E-state index in [1.807, 2.05) is 0 Å². The summed E-state index contributed by atoms with van der Waals surface area (Å²) in [6.07, 6.45) is 3.10. The largest absolute Gasteiger partial charge is 0.486 e. The lowest BCUT2D eigenvalue weighted by Gasteiger charge is -2.07. The molecule has 0 fully saturated rings. The minimum absolute atomic E-state index is 0.00621. The molecule has 0 saturated carbocycles. The lowest BCUT2D eigenvalue weighted by molar-refractivity contribution is 0.374. The molecule has 5 rings (SSSR count). The zero-order chi connectivity index (χ0) is 22.7. The maximum Gasteiger partial charge on any atom is 0.145 e. The second-order valence-electron chi connectivity index (χ2n) is 6.30. The van der Waals surface area contributed by atoms with E-state index in [9.17, 15) is 0 Å². The SMILES string of the molecule is [2H]C([2H])([2H])c1c2ccncc2cc2c3cc(OCC4=NCCN4)ccc3n(C([2H])([2H])[2H])c12. The van der Waals surface area contributed by atoms with Gasteiger partial charge < -0.3 is 14.6 Å². The summed E-state index contributed by atoms with van der Waals surface area (Å²) >= 11 is 0. The number of aromatic nitrogens is 2. The van der Waals surface area contributed by atoms with Gasteiger partial charge in [0.15, 0.2) is 0 Å². The monoisotopic (exact) mass is 350 g/mol. The zero-order valence-electron chi connectivity index (χ0n) is 19.9. The second kappa shape index (κ2) is 5.73. The highest BCUT2D eigenvalue weighted by Crippen LogP contribution is 2.36. The van der Waals surface area contributed by atoms with E-state index in [1.165, 1.54) is 6.20 Å². The van der Waals surface area contributed by atoms with Crippen LogP contribution in [0.1, 0.15) is 13.8 Å². The summed E-state index contributed by atoms with van der Waals surface area (Å²) in [6.45, 7) is -3.34. The number of pyridine rings is 1. The van der Waals surface area contributed by atoms with Crippen molar-refractivity contribution in [2.24, 2.45) is 12.0 Å². The molecule has 5 heteroatoms. The lowest BCUT2D eigenvalue weighted by atomic mass is 10.0. The zero-order valence-corrected chi connectivity index (χ0v) is 13.9. The lowest BCUT2D eigenvalue weighted by Crippen LogP contribution is -2.24. The predicted octanol–water partition coefficient (Wildman–Crippen LogP) is 3.57. The fraction of sp³-hybridized carbons (Fsp3) is 0.238. The maximum atomic E-state index is 8.19. The Morgan fingerprint density at radius 1 is 1.23 bits per heavy atom. The van der Waals surface area contributed by atoms with Crippen molar-refractivity contribution >= 4 is 38.4 Å². The van der Waals surface area contributed by atoms with Gasteiger partial charge in [0.25, 0.3) is 0 Å². The summed E-state index contributed by atoms with van der Waals surface area (Å²) in [6, 6.07) is 8.51. The van der Waals surface area contributed by atoms with Gasteiger partial charge in [-0.25, -0.2) is 0 Å². The van der Waals surface area contributed by atoms with E-state index in [4.69, 9.17) is 13.0 Å². The second-order valence-corrected chi connectivity index (χ2v) is 6.30. The molecule has 0 atom stereocenters. The molecule has 0 spiro atoms. The smallest absolute Gasteiger partial charge is 0.145 e. The molecule has 0 aliphatic carbocycles. The quantitative estimate of drug-likeness (QED) is 0.614. The number of benzene rings is 2. The number of amidine groups is 1. The molecule has 5 nitrogen and oxygen atoms in total. The van der Waals surface area contributed by atoms with E-state index in [0.29, 0.717) is 39.4 Å². The number of nitrogens with zero attached hydrogens (tertiary/aromatic N) is 3. The van der Waals surface area contributed by atoms with Crippen LogP contribution in [0.3, 0.4) is 0 Å². The Bertz CT molecular complexity index is 1390. The van der Waals surface area contributed by atoms with E-state index >= 15 is 0 Å². The highest BCUT2D eigenvalue weighted by Gasteiger charge is 2.14. The average Bonchev–Trinajstić information content (AvgIpc) is 3.34. The molecule has 1 aliphatic rings. The minimum Gasteiger partial charge on any atom is -0.486 e. The van der Waals surface area contributed by atoms with Gasteiger partial charge >= 0.3 is 0 Å². The fourth-order valence-electron chi connectivity index (χ4n) is 3.50. The average molecular weight is 350 g/mol. The van der Waals surface area contributed by atoms with Gasteiger partial charge in [-0.15, -0.1) is 0 Å². The third kappa shape index (κ3) is 2.24. The van der Waals surface area contributed by atoms with Gasteiger partial charge in [0, 0.05) is 55.8 Å². The number of aliphatic imine (C=N–C) groups is 1. The standard InChI is InChI=1S/C21H20N4O/c1-13-16-5-6-22-11-14(16)9-18-17-10-15(26-12-20-23-7-8-24-20)3-4-19(17)25(2)21(13)18/h3-6,9-11H,7-8,12H2,1-2H3,(H,23,24)/i1D3,2D3. The number of hydrogen-bond donors (Lipinski definition) is 1. The van der Waals surface area contributed by atoms with Gasteiger partial charge in [0.1, 0.15) is 18.2 Å². The van der Waals surface area contributed by atoms with Crippen LogP contribution in [-0.2, 0) is 6.98 Å². The molecule has 0 radical (unpaired) electrons. The normalized spacial score (nSPS) is 18.5. The molecular formula is C21H20N4O. The van der Waals surface area contributed by atoms with Crippen molar-refractivity contribution in [2.45, 2.75) is 6.85 Å². The van der Waals surface area contributed by atoms with Crippen molar-refractivity contribution in [1.29, 1.82) is 0 Å². The van der Waals surface area contributed by atoms with Crippen molar-refractivity contribution in [2.75, 3.05) is 19.7 Å². The van der Waals surface area contributed by atoms with Gasteiger partial charge in [-0.1, -0.05) is 0 Å². The van der Waals surface area contributed by atoms with E-state index in [-0.39, 0.29) is 17.7 Å². The summed E-state index contributed by atoms with van der Waals surface area (Å²) in [4.78, 5) is 8.43. The van der Waals surface area contributed by atoms with Crippen molar-refractivity contribution in [3.63, 3.8) is 0 Å². The molecule has 2 aromatic carbocycles. The Kier molecular flexibility index (Phi) is 2.24. The Morgan fingerprint density at radius 3 is 3.08 bits per heavy atom. The van der Waals surface area contributed by atoms with E-state index in [0.717, 1.165) is 16.9 Å². The minimum atomic E-state index is -2.58. The predicted molar refractivity (Wildman–Crippen MR) is 106 cm³/mol. The molecule has 26 heavy (non-hydrogen) atoms. The van der Waals surface area contributed by atoms with Crippen molar-refractivity contribution in [3.05, 3.63) is 48.3 Å². The van der Waals surface area contributed by atoms with Crippen LogP contribution < -0.4 is 10.1 Å². The molecule has 0 amide bonds. The van der Waals surface area contributed by atoms with Crippen LogP contribution in [0.4, 0.5) is 0 Å². The van der Waals surface area contributed by atoms with E-state index in [1.54, 1.807) is 36.5 Å². The molecule has 4 aromatic rings. The first kappa shape index (κ1) is 10.2. The Morgan fingerprint density at radius 2 is 2.23 bits per heavy atom. The number of aryl methyl sites for hydroxylation is 2. The van der Waals surface area contributed by atoms with E-state index < -0.39 is 13.8 Å². The molecule has 0 unspecified atom stereocenters. The number of fused-ring (bicyclic) bond motifs is 4. The third-order valence-electron chi connectivity index (χ3n) is 4.75. The molecule has 0 bridgehead atoms. The van der Waals surface area contributed by atoms with Crippen LogP contribution in [0.2, 0.25) is 0 Å². The Balaban J connectivity index is 1.83. The molecule has 130 valence electrons. The van der Waals surface area contributed by atoms with Gasteiger partial charge in [-0.2, -0.15) is 0 Å². The Labute approximate surface area is 159 Å². The molecule has 0 saturated heterocycles. The topological polar surface area (TPSA) is 51.4 Å². The number of ether oxygens (including phenoxy) is 1. The van der Waals surface area contributed by atoms with Gasteiger partial charge in [-0.05, 0) is 48.1 Å². The third-order valence-corrected chi connectivity index (χ3v) is 4.75. The van der Waals surface area contributed by atoms with Crippen molar-refractivity contribution < 1.29 is 13.0 Å². The summed E-state index contributed by atoms with van der Waals surface area (Å²) in [5.41, 5.74) is 0.599. The first-order valence-electron chi connectivity index (χ1n) is 11.4. The highest BCUT2D eigenvalue weighted by molar-refractivity contribution is 6.14. The summed E-state index contributed by atoms with van der Waals surface area (Å²) in [7, 11) is 0. The van der Waals surface area contributed by atoms with Gasteiger partial charge in [0.2, 0.25) is 0 Å². The maximum absolute atomic E-state index is 8.19. The summed E-state index contributed by atoms with van der Waals surface area (Å²) < 4.78 is 56.0. The summed E-state index contributed by atoms with van der Waals surface area (Å²) in [5.74, 6) is 1.30. The number of rotatable bonds is 3. The number of nitrogens with one attached hydrogen (secondary N) is 1. The van der Waals surface area contributed by atoms with Crippen LogP contribution in [0, 0.1) is 6.85 Å². The van der Waals surface area contributed by atoms with Crippen LogP contribution in [0.25, 0.3) is 32.6 Å². The van der Waals surface area contributed by atoms with Crippen LogP contribution in [0.15, 0.2) is 47.7 Å². The first-order valence-corrected chi connectivity index (χ1v) is 8.40. The van der Waals surface area contributed by atoms with Gasteiger partial charge in [-0.3, -0.25) is 9.98 Å². The molecule has 3 heterocycles.